The molecule has 2 aromatic rings. The third-order valence-corrected chi connectivity index (χ3v) is 2.74. The van der Waals surface area contributed by atoms with Crippen molar-refractivity contribution in [1.29, 1.82) is 0 Å². The Hall–Kier alpha value is -1.05. The number of benzene rings is 2. The summed E-state index contributed by atoms with van der Waals surface area (Å²) < 4.78 is 10.2. The molecule has 0 aliphatic rings. The van der Waals surface area contributed by atoms with Crippen LogP contribution in [0.3, 0.4) is 0 Å². The Morgan fingerprint density at radius 3 is 2.67 bits per heavy atom. The number of rotatable bonds is 4. The van der Waals surface area contributed by atoms with Crippen molar-refractivity contribution in [3.63, 3.8) is 0 Å². The number of phenols is 1. The van der Waals surface area contributed by atoms with E-state index in [1.807, 2.05) is 24.3 Å². The fourth-order valence-electron chi connectivity index (χ4n) is 1.96. The molecule has 18 heavy (non-hydrogen) atoms. The predicted molar refractivity (Wildman–Crippen MR) is 67.5 cm³/mol. The first-order valence-corrected chi connectivity index (χ1v) is 5.62. The van der Waals surface area contributed by atoms with E-state index in [9.17, 15) is 5.11 Å². The Labute approximate surface area is 121 Å². The SMILES string of the molecule is CCc1cccc2cc(OCOC)cc(O)c12.[Pt]. The first-order valence-electron chi connectivity index (χ1n) is 5.62. The van der Waals surface area contributed by atoms with Crippen LogP contribution >= 0.6 is 0 Å². The van der Waals surface area contributed by atoms with Crippen molar-refractivity contribution in [3.8, 4) is 11.5 Å². The number of aryl methyl sites for hydroxylation is 1. The summed E-state index contributed by atoms with van der Waals surface area (Å²) in [5, 5.41) is 11.9. The van der Waals surface area contributed by atoms with Crippen LogP contribution in [0, 0.1) is 0 Å². The van der Waals surface area contributed by atoms with Gasteiger partial charge in [-0.15, -0.1) is 0 Å². The van der Waals surface area contributed by atoms with Crippen molar-refractivity contribution < 1.29 is 35.6 Å². The minimum absolute atomic E-state index is 0. The van der Waals surface area contributed by atoms with Gasteiger partial charge in [0.2, 0.25) is 0 Å². The molecule has 0 bridgehead atoms. The molecule has 0 saturated heterocycles. The summed E-state index contributed by atoms with van der Waals surface area (Å²) in [5.41, 5.74) is 1.14. The van der Waals surface area contributed by atoms with Gasteiger partial charge in [0.1, 0.15) is 11.5 Å². The van der Waals surface area contributed by atoms with Crippen LogP contribution in [0.4, 0.5) is 0 Å². The Balaban J connectivity index is 0.00000162. The Morgan fingerprint density at radius 2 is 2.00 bits per heavy atom. The minimum atomic E-state index is 0. The summed E-state index contributed by atoms with van der Waals surface area (Å²) >= 11 is 0. The number of hydrogen-bond acceptors (Lipinski definition) is 3. The van der Waals surface area contributed by atoms with Gasteiger partial charge >= 0.3 is 0 Å². The maximum absolute atomic E-state index is 10.0. The summed E-state index contributed by atoms with van der Waals surface area (Å²) in [6, 6.07) is 9.51. The van der Waals surface area contributed by atoms with Crippen LogP contribution in [0.15, 0.2) is 30.3 Å². The van der Waals surface area contributed by atoms with Crippen LogP contribution in [0.25, 0.3) is 10.8 Å². The maximum atomic E-state index is 10.0. The van der Waals surface area contributed by atoms with Gasteiger partial charge in [0, 0.05) is 39.6 Å². The molecule has 0 atom stereocenters. The van der Waals surface area contributed by atoms with Crippen LogP contribution in [0.2, 0.25) is 0 Å². The average molecular weight is 427 g/mol. The van der Waals surface area contributed by atoms with Gasteiger partial charge in [-0.2, -0.15) is 0 Å². The van der Waals surface area contributed by atoms with E-state index in [1.165, 1.54) is 0 Å². The summed E-state index contributed by atoms with van der Waals surface area (Å²) in [4.78, 5) is 0. The topological polar surface area (TPSA) is 38.7 Å². The first kappa shape index (κ1) is 15.0. The van der Waals surface area contributed by atoms with E-state index >= 15 is 0 Å². The zero-order valence-electron chi connectivity index (χ0n) is 10.4. The molecule has 4 heteroatoms. The zero-order chi connectivity index (χ0) is 12.3. The van der Waals surface area contributed by atoms with E-state index in [1.54, 1.807) is 13.2 Å². The predicted octanol–water partition coefficient (Wildman–Crippen LogP) is 3.09. The zero-order valence-corrected chi connectivity index (χ0v) is 12.7. The van der Waals surface area contributed by atoms with E-state index in [0.717, 1.165) is 22.8 Å². The van der Waals surface area contributed by atoms with Gasteiger partial charge < -0.3 is 14.6 Å². The average Bonchev–Trinajstić information content (AvgIpc) is 2.35. The van der Waals surface area contributed by atoms with Gasteiger partial charge in [-0.25, -0.2) is 0 Å². The van der Waals surface area contributed by atoms with Crippen molar-refractivity contribution in [3.05, 3.63) is 35.9 Å². The van der Waals surface area contributed by atoms with Gasteiger partial charge in [0.25, 0.3) is 0 Å². The van der Waals surface area contributed by atoms with Crippen LogP contribution in [0.5, 0.6) is 11.5 Å². The molecule has 2 rings (SSSR count). The molecule has 2 aromatic carbocycles. The molecule has 0 saturated carbocycles. The molecule has 0 fully saturated rings. The molecule has 3 nitrogen and oxygen atoms in total. The molecule has 100 valence electrons. The van der Waals surface area contributed by atoms with Crippen LogP contribution in [0.1, 0.15) is 12.5 Å². The molecule has 0 aromatic heterocycles. The van der Waals surface area contributed by atoms with E-state index in [4.69, 9.17) is 9.47 Å². The number of ether oxygens (including phenoxy) is 2. The van der Waals surface area contributed by atoms with Crippen molar-refractivity contribution in [2.45, 2.75) is 13.3 Å². The summed E-state index contributed by atoms with van der Waals surface area (Å²) in [6.45, 7) is 2.25. The molecule has 0 spiro atoms. The normalized spacial score (nSPS) is 10.1. The standard InChI is InChI=1S/C14H16O3.Pt/c1-3-10-5-4-6-11-7-12(17-9-16-2)8-13(15)14(10)11;/h4-8,15H,3,9H2,1-2H3;. The number of phenolic OH excluding ortho intramolecular Hbond substituents is 1. The molecule has 0 aliphatic heterocycles. The number of hydrogen-bond donors (Lipinski definition) is 1. The second-order valence-electron chi connectivity index (χ2n) is 3.86. The molecular formula is C14H16O3Pt. The summed E-state index contributed by atoms with van der Waals surface area (Å²) in [6.07, 6.45) is 0.892. The van der Waals surface area contributed by atoms with Gasteiger partial charge in [0.05, 0.1) is 0 Å². The Kier molecular flexibility index (Phi) is 5.64. The van der Waals surface area contributed by atoms with E-state index in [-0.39, 0.29) is 33.6 Å². The second-order valence-corrected chi connectivity index (χ2v) is 3.86. The van der Waals surface area contributed by atoms with Crippen molar-refractivity contribution in [2.75, 3.05) is 13.9 Å². The van der Waals surface area contributed by atoms with Crippen molar-refractivity contribution in [2.24, 2.45) is 0 Å². The minimum Gasteiger partial charge on any atom is -0.507 e. The van der Waals surface area contributed by atoms with E-state index in [2.05, 4.69) is 6.92 Å². The van der Waals surface area contributed by atoms with Gasteiger partial charge in [-0.1, -0.05) is 25.1 Å². The fraction of sp³-hybridized carbons (Fsp3) is 0.286. The van der Waals surface area contributed by atoms with Crippen molar-refractivity contribution in [1.82, 2.24) is 0 Å². The van der Waals surface area contributed by atoms with E-state index < -0.39 is 0 Å². The number of methoxy groups -OCH3 is 1. The van der Waals surface area contributed by atoms with Crippen LogP contribution in [-0.4, -0.2) is 19.0 Å². The summed E-state index contributed by atoms with van der Waals surface area (Å²) in [5.74, 6) is 0.871. The van der Waals surface area contributed by atoms with Gasteiger partial charge in [-0.05, 0) is 23.4 Å². The third kappa shape index (κ3) is 3.04. The van der Waals surface area contributed by atoms with Gasteiger partial charge in [-0.3, -0.25) is 0 Å². The molecular weight excluding hydrogens is 411 g/mol. The first-order chi connectivity index (χ1) is 8.26. The Bertz CT molecular complexity index is 526. The van der Waals surface area contributed by atoms with E-state index in [0.29, 0.717) is 5.75 Å². The number of fused-ring (bicyclic) bond motifs is 1. The van der Waals surface area contributed by atoms with Crippen molar-refractivity contribution >= 4 is 10.8 Å². The van der Waals surface area contributed by atoms with Gasteiger partial charge in [0.15, 0.2) is 6.79 Å². The van der Waals surface area contributed by atoms with Crippen LogP contribution in [-0.2, 0) is 32.2 Å². The largest absolute Gasteiger partial charge is 0.507 e. The molecule has 0 aliphatic carbocycles. The molecule has 0 amide bonds. The second kappa shape index (κ2) is 6.77. The van der Waals surface area contributed by atoms with Crippen LogP contribution < -0.4 is 4.74 Å². The fourth-order valence-corrected chi connectivity index (χ4v) is 1.96. The molecule has 0 heterocycles. The quantitative estimate of drug-likeness (QED) is 0.763. The molecule has 0 unspecified atom stereocenters. The number of aromatic hydroxyl groups is 1. The molecule has 1 N–H and O–H groups in total. The maximum Gasteiger partial charge on any atom is 0.188 e. The third-order valence-electron chi connectivity index (χ3n) is 2.74. The Morgan fingerprint density at radius 1 is 1.22 bits per heavy atom. The summed E-state index contributed by atoms with van der Waals surface area (Å²) in [7, 11) is 1.57. The molecule has 0 radical (unpaired) electrons. The smallest absolute Gasteiger partial charge is 0.188 e. The monoisotopic (exact) mass is 427 g/mol.